The van der Waals surface area contributed by atoms with Crippen molar-refractivity contribution in [1.29, 1.82) is 0 Å². The number of fused-ring (bicyclic) bond motifs is 1. The highest BCUT2D eigenvalue weighted by molar-refractivity contribution is 7.89. The number of carbonyl (C=O) groups excluding carboxylic acids is 2. The van der Waals surface area contributed by atoms with Gasteiger partial charge in [-0.05, 0) is 81.1 Å². The van der Waals surface area contributed by atoms with E-state index in [0.29, 0.717) is 29.5 Å². The second-order valence-electron chi connectivity index (χ2n) is 12.5. The highest BCUT2D eigenvalue weighted by atomic mass is 35.5. The molecule has 260 valence electrons. The van der Waals surface area contributed by atoms with Crippen molar-refractivity contribution in [1.82, 2.24) is 9.21 Å². The number of sulfonamides is 1. The maximum Gasteiger partial charge on any atom is 0.258 e. The molecule has 0 spiro atoms. The van der Waals surface area contributed by atoms with E-state index in [2.05, 4.69) is 5.32 Å². The molecular weight excluding hydrogens is 654 g/mol. The SMILES string of the molecule is C[C@@H]1CCCCO[C@@H](CN(C)S(=O)(=O)c2ccc(Cl)cc2)[C@@H](C)CN([C@@H](C)CO)C(=O)c2cc(NC(=O)Cc3ccccc3)ccc2O1. The zero-order chi connectivity index (χ0) is 34.8. The summed E-state index contributed by atoms with van der Waals surface area (Å²) in [5.74, 6) is -0.556. The van der Waals surface area contributed by atoms with E-state index in [1.807, 2.05) is 44.2 Å². The first-order valence-corrected chi connectivity index (χ1v) is 18.1. The molecule has 4 rings (SSSR count). The Morgan fingerprint density at radius 1 is 1.08 bits per heavy atom. The number of aliphatic hydroxyl groups excluding tert-OH is 1. The maximum absolute atomic E-state index is 14.4. The van der Waals surface area contributed by atoms with Crippen LogP contribution in [-0.2, 0) is 26.0 Å². The molecular formula is C36H46ClN3O7S. The average Bonchev–Trinajstić information content (AvgIpc) is 3.06. The van der Waals surface area contributed by atoms with Crippen LogP contribution in [0.2, 0.25) is 5.02 Å². The van der Waals surface area contributed by atoms with E-state index in [-0.39, 0.29) is 60.4 Å². The van der Waals surface area contributed by atoms with E-state index in [9.17, 15) is 23.1 Å². The van der Waals surface area contributed by atoms with Crippen LogP contribution in [0.25, 0.3) is 0 Å². The number of ether oxygens (including phenoxy) is 2. The van der Waals surface area contributed by atoms with Crippen LogP contribution in [0.3, 0.4) is 0 Å². The van der Waals surface area contributed by atoms with Crippen LogP contribution in [-0.4, -0.2) is 86.1 Å². The molecule has 12 heteroatoms. The van der Waals surface area contributed by atoms with E-state index in [1.54, 1.807) is 30.0 Å². The van der Waals surface area contributed by atoms with Gasteiger partial charge in [0, 0.05) is 43.4 Å². The Labute approximate surface area is 289 Å². The van der Waals surface area contributed by atoms with Gasteiger partial charge in [-0.2, -0.15) is 4.31 Å². The van der Waals surface area contributed by atoms with E-state index in [0.717, 1.165) is 18.4 Å². The Hall–Kier alpha value is -3.48. The fourth-order valence-corrected chi connectivity index (χ4v) is 6.90. The highest BCUT2D eigenvalue weighted by Crippen LogP contribution is 2.29. The fourth-order valence-electron chi connectivity index (χ4n) is 5.59. The van der Waals surface area contributed by atoms with Gasteiger partial charge in [-0.3, -0.25) is 9.59 Å². The smallest absolute Gasteiger partial charge is 0.258 e. The molecule has 0 saturated heterocycles. The Bertz CT molecular complexity index is 1620. The van der Waals surface area contributed by atoms with Gasteiger partial charge in [0.2, 0.25) is 15.9 Å². The summed E-state index contributed by atoms with van der Waals surface area (Å²) < 4.78 is 40.7. The van der Waals surface area contributed by atoms with Crippen LogP contribution in [0.5, 0.6) is 5.75 Å². The van der Waals surface area contributed by atoms with Gasteiger partial charge in [0.15, 0.2) is 0 Å². The molecule has 0 aromatic heterocycles. The maximum atomic E-state index is 14.4. The van der Waals surface area contributed by atoms with E-state index in [4.69, 9.17) is 21.1 Å². The Balaban J connectivity index is 1.62. The van der Waals surface area contributed by atoms with Gasteiger partial charge < -0.3 is 24.8 Å². The number of rotatable bonds is 9. The molecule has 48 heavy (non-hydrogen) atoms. The van der Waals surface area contributed by atoms with Gasteiger partial charge in [0.1, 0.15) is 5.75 Å². The van der Waals surface area contributed by atoms with Crippen molar-refractivity contribution >= 4 is 39.1 Å². The van der Waals surface area contributed by atoms with Crippen molar-refractivity contribution in [3.63, 3.8) is 0 Å². The first-order valence-electron chi connectivity index (χ1n) is 16.3. The van der Waals surface area contributed by atoms with Crippen molar-refractivity contribution in [2.24, 2.45) is 5.92 Å². The summed E-state index contributed by atoms with van der Waals surface area (Å²) in [6.07, 6.45) is 1.64. The zero-order valence-electron chi connectivity index (χ0n) is 28.0. The summed E-state index contributed by atoms with van der Waals surface area (Å²) >= 11 is 5.98. The molecule has 0 bridgehead atoms. The molecule has 3 aromatic rings. The zero-order valence-corrected chi connectivity index (χ0v) is 29.5. The second kappa shape index (κ2) is 17.3. The number of likely N-dealkylation sites (N-methyl/N-ethyl adjacent to an activating group) is 1. The number of anilines is 1. The van der Waals surface area contributed by atoms with Gasteiger partial charge in [0.25, 0.3) is 5.91 Å². The third kappa shape index (κ3) is 10.0. The molecule has 0 unspecified atom stereocenters. The quantitative estimate of drug-likeness (QED) is 0.296. The Morgan fingerprint density at radius 2 is 1.79 bits per heavy atom. The number of aliphatic hydroxyl groups is 1. The molecule has 0 radical (unpaired) electrons. The normalized spacial score (nSPS) is 20.4. The molecule has 1 aliphatic heterocycles. The minimum absolute atomic E-state index is 0.0510. The number of hydrogen-bond donors (Lipinski definition) is 2. The number of nitrogens with one attached hydrogen (secondary N) is 1. The predicted molar refractivity (Wildman–Crippen MR) is 187 cm³/mol. The Kier molecular flexibility index (Phi) is 13.4. The lowest BCUT2D eigenvalue weighted by Gasteiger charge is -2.35. The minimum atomic E-state index is -3.84. The summed E-state index contributed by atoms with van der Waals surface area (Å²) in [6, 6.07) is 19.8. The molecule has 3 aromatic carbocycles. The van der Waals surface area contributed by atoms with Gasteiger partial charge in [-0.25, -0.2) is 8.42 Å². The van der Waals surface area contributed by atoms with Crippen molar-refractivity contribution in [2.75, 3.05) is 38.7 Å². The molecule has 0 saturated carbocycles. The van der Waals surface area contributed by atoms with Crippen molar-refractivity contribution < 1.29 is 32.6 Å². The van der Waals surface area contributed by atoms with Crippen molar-refractivity contribution in [3.05, 3.63) is 88.9 Å². The average molecular weight is 700 g/mol. The van der Waals surface area contributed by atoms with Crippen LogP contribution in [0.15, 0.2) is 77.7 Å². The lowest BCUT2D eigenvalue weighted by Crippen LogP contribution is -2.48. The van der Waals surface area contributed by atoms with E-state index < -0.39 is 22.2 Å². The molecule has 2 amide bonds. The molecule has 1 heterocycles. The van der Waals surface area contributed by atoms with Crippen LogP contribution in [0.4, 0.5) is 5.69 Å². The first-order chi connectivity index (χ1) is 22.9. The fraction of sp³-hybridized carbons (Fsp3) is 0.444. The molecule has 1 aliphatic rings. The van der Waals surface area contributed by atoms with Crippen molar-refractivity contribution in [3.8, 4) is 5.75 Å². The number of benzene rings is 3. The molecule has 4 atom stereocenters. The number of amides is 2. The lowest BCUT2D eigenvalue weighted by molar-refractivity contribution is -0.115. The molecule has 0 aliphatic carbocycles. The topological polar surface area (TPSA) is 125 Å². The van der Waals surface area contributed by atoms with Crippen LogP contribution in [0.1, 0.15) is 56.0 Å². The third-order valence-corrected chi connectivity index (χ3v) is 10.6. The monoisotopic (exact) mass is 699 g/mol. The molecule has 2 N–H and O–H groups in total. The second-order valence-corrected chi connectivity index (χ2v) is 14.9. The summed E-state index contributed by atoms with van der Waals surface area (Å²) in [6.45, 7) is 5.91. The lowest BCUT2D eigenvalue weighted by atomic mass is 10.0. The first kappa shape index (κ1) is 37.3. The van der Waals surface area contributed by atoms with Gasteiger partial charge in [-0.1, -0.05) is 48.9 Å². The largest absolute Gasteiger partial charge is 0.490 e. The van der Waals surface area contributed by atoms with Crippen LogP contribution >= 0.6 is 11.6 Å². The highest BCUT2D eigenvalue weighted by Gasteiger charge is 2.32. The number of halogens is 1. The standard InChI is InChI=1S/C36H46ClN3O7S/c1-25-22-40(26(2)24-41)36(43)32-21-30(38-35(42)20-28-11-6-5-7-12-28)15-18-33(32)47-27(3)10-8-9-19-46-34(25)23-39(4)48(44,45)31-16-13-29(37)14-17-31/h5-7,11-18,21,25-27,34,41H,8-10,19-20,22-24H2,1-4H3,(H,38,42)/t25-,26-,27+,34-/m0/s1. The Morgan fingerprint density at radius 3 is 2.48 bits per heavy atom. The number of hydrogen-bond acceptors (Lipinski definition) is 7. The molecule has 10 nitrogen and oxygen atoms in total. The summed E-state index contributed by atoms with van der Waals surface area (Å²) in [5.41, 5.74) is 1.56. The third-order valence-electron chi connectivity index (χ3n) is 8.50. The summed E-state index contributed by atoms with van der Waals surface area (Å²) in [7, 11) is -2.34. The predicted octanol–water partition coefficient (Wildman–Crippen LogP) is 5.64. The summed E-state index contributed by atoms with van der Waals surface area (Å²) in [5, 5.41) is 13.6. The van der Waals surface area contributed by atoms with Crippen molar-refractivity contribution in [2.45, 2.75) is 69.6 Å². The minimum Gasteiger partial charge on any atom is -0.490 e. The van der Waals surface area contributed by atoms with Crippen LogP contribution < -0.4 is 10.1 Å². The van der Waals surface area contributed by atoms with Gasteiger partial charge in [0.05, 0.1) is 41.7 Å². The van der Waals surface area contributed by atoms with E-state index >= 15 is 0 Å². The number of carbonyl (C=O) groups is 2. The van der Waals surface area contributed by atoms with Crippen LogP contribution in [0, 0.1) is 5.92 Å². The summed E-state index contributed by atoms with van der Waals surface area (Å²) in [4.78, 5) is 28.9. The molecule has 0 fully saturated rings. The van der Waals surface area contributed by atoms with Gasteiger partial charge in [-0.15, -0.1) is 0 Å². The number of nitrogens with zero attached hydrogens (tertiary/aromatic N) is 2. The van der Waals surface area contributed by atoms with E-state index in [1.165, 1.54) is 35.6 Å². The van der Waals surface area contributed by atoms with Gasteiger partial charge >= 0.3 is 0 Å².